The van der Waals surface area contributed by atoms with Crippen molar-refractivity contribution in [3.8, 4) is 0 Å². The molecule has 0 bridgehead atoms. The van der Waals surface area contributed by atoms with E-state index in [4.69, 9.17) is 16.7 Å². The van der Waals surface area contributed by atoms with Gasteiger partial charge < -0.3 is 10.0 Å². The zero-order valence-corrected chi connectivity index (χ0v) is 12.8. The van der Waals surface area contributed by atoms with Crippen LogP contribution in [0.1, 0.15) is 30.5 Å². The molecule has 0 aromatic carbocycles. The summed E-state index contributed by atoms with van der Waals surface area (Å²) in [7, 11) is 1.73. The molecule has 1 aliphatic carbocycles. The number of halogens is 1. The summed E-state index contributed by atoms with van der Waals surface area (Å²) in [5, 5.41) is 13.4. The molecule has 6 nitrogen and oxygen atoms in total. The number of carbonyl (C=O) groups excluding carboxylic acids is 1. The number of aromatic nitrogens is 2. The van der Waals surface area contributed by atoms with Gasteiger partial charge in [0.25, 0.3) is 0 Å². The molecule has 21 heavy (non-hydrogen) atoms. The van der Waals surface area contributed by atoms with Gasteiger partial charge in [0.05, 0.1) is 12.1 Å². The molecule has 1 heterocycles. The minimum atomic E-state index is -0.899. The van der Waals surface area contributed by atoms with Crippen LogP contribution in [0.25, 0.3) is 6.08 Å². The van der Waals surface area contributed by atoms with Gasteiger partial charge in [0, 0.05) is 31.3 Å². The first kappa shape index (κ1) is 15.6. The van der Waals surface area contributed by atoms with E-state index in [0.29, 0.717) is 10.7 Å². The molecule has 114 valence electrons. The van der Waals surface area contributed by atoms with Gasteiger partial charge in [0.1, 0.15) is 5.15 Å². The topological polar surface area (TPSA) is 75.4 Å². The van der Waals surface area contributed by atoms with Gasteiger partial charge in [-0.05, 0) is 25.8 Å². The SMILES string of the molecule is Cc1nn(C)c(Cl)c1/C=C/C(=O)N(CCC(=O)O)C1CC1. The molecule has 1 saturated carbocycles. The Balaban J connectivity index is 2.07. The van der Waals surface area contributed by atoms with Crippen LogP contribution < -0.4 is 0 Å². The highest BCUT2D eigenvalue weighted by molar-refractivity contribution is 6.31. The predicted octanol–water partition coefficient (Wildman–Crippen LogP) is 1.86. The molecule has 1 aliphatic rings. The van der Waals surface area contributed by atoms with Gasteiger partial charge in [0.2, 0.25) is 5.91 Å². The Morgan fingerprint density at radius 3 is 2.67 bits per heavy atom. The molecule has 0 spiro atoms. The van der Waals surface area contributed by atoms with Crippen molar-refractivity contribution in [2.24, 2.45) is 7.05 Å². The van der Waals surface area contributed by atoms with E-state index in [1.165, 1.54) is 6.08 Å². The van der Waals surface area contributed by atoms with Gasteiger partial charge in [0.15, 0.2) is 0 Å². The van der Waals surface area contributed by atoms with Crippen molar-refractivity contribution in [1.29, 1.82) is 0 Å². The fourth-order valence-corrected chi connectivity index (χ4v) is 2.40. The van der Waals surface area contributed by atoms with Crippen LogP contribution in [0, 0.1) is 6.92 Å². The van der Waals surface area contributed by atoms with Gasteiger partial charge in [-0.2, -0.15) is 5.10 Å². The first-order chi connectivity index (χ1) is 9.90. The molecule has 7 heteroatoms. The van der Waals surface area contributed by atoms with Crippen LogP contribution in [-0.4, -0.2) is 44.3 Å². The molecule has 0 radical (unpaired) electrons. The lowest BCUT2D eigenvalue weighted by Crippen LogP contribution is -2.33. The maximum absolute atomic E-state index is 12.2. The quantitative estimate of drug-likeness (QED) is 0.814. The normalized spacial score (nSPS) is 14.6. The minimum Gasteiger partial charge on any atom is -0.481 e. The molecule has 1 aromatic heterocycles. The Kier molecular flexibility index (Phi) is 4.67. The summed E-state index contributed by atoms with van der Waals surface area (Å²) in [6.07, 6.45) is 4.92. The van der Waals surface area contributed by atoms with Crippen molar-refractivity contribution in [3.05, 3.63) is 22.5 Å². The molecule has 1 aromatic rings. The summed E-state index contributed by atoms with van der Waals surface area (Å²) < 4.78 is 1.55. The van der Waals surface area contributed by atoms with Gasteiger partial charge in [-0.25, -0.2) is 0 Å². The highest BCUT2D eigenvalue weighted by Crippen LogP contribution is 2.27. The van der Waals surface area contributed by atoms with Crippen LogP contribution >= 0.6 is 11.6 Å². The highest BCUT2D eigenvalue weighted by Gasteiger charge is 2.31. The lowest BCUT2D eigenvalue weighted by Gasteiger charge is -2.19. The number of nitrogens with zero attached hydrogens (tertiary/aromatic N) is 3. The smallest absolute Gasteiger partial charge is 0.305 e. The number of amides is 1. The number of rotatable bonds is 6. The van der Waals surface area contributed by atoms with Crippen LogP contribution in [0.15, 0.2) is 6.08 Å². The summed E-state index contributed by atoms with van der Waals surface area (Å²) in [5.74, 6) is -1.08. The first-order valence-electron chi connectivity index (χ1n) is 6.79. The second kappa shape index (κ2) is 6.30. The number of aryl methyl sites for hydroxylation is 2. The van der Waals surface area contributed by atoms with E-state index in [-0.39, 0.29) is 24.9 Å². The van der Waals surface area contributed by atoms with Gasteiger partial charge in [-0.15, -0.1) is 0 Å². The van der Waals surface area contributed by atoms with Crippen molar-refractivity contribution < 1.29 is 14.7 Å². The van der Waals surface area contributed by atoms with Crippen molar-refractivity contribution in [3.63, 3.8) is 0 Å². The van der Waals surface area contributed by atoms with Crippen LogP contribution in [0.4, 0.5) is 0 Å². The zero-order valence-electron chi connectivity index (χ0n) is 12.0. The van der Waals surface area contributed by atoms with Crippen LogP contribution in [0.2, 0.25) is 5.15 Å². The summed E-state index contributed by atoms with van der Waals surface area (Å²) >= 11 is 6.10. The third-order valence-electron chi connectivity index (χ3n) is 3.43. The third kappa shape index (κ3) is 3.85. The maximum atomic E-state index is 12.2. The Morgan fingerprint density at radius 2 is 2.19 bits per heavy atom. The first-order valence-corrected chi connectivity index (χ1v) is 7.17. The molecule has 2 rings (SSSR count). The molecule has 0 aliphatic heterocycles. The van der Waals surface area contributed by atoms with Crippen LogP contribution in [0.3, 0.4) is 0 Å². The van der Waals surface area contributed by atoms with Crippen molar-refractivity contribution in [2.45, 2.75) is 32.2 Å². The Morgan fingerprint density at radius 1 is 1.52 bits per heavy atom. The van der Waals surface area contributed by atoms with Gasteiger partial charge in [-0.3, -0.25) is 14.3 Å². The lowest BCUT2D eigenvalue weighted by atomic mass is 10.2. The average molecular weight is 312 g/mol. The molecular weight excluding hydrogens is 294 g/mol. The van der Waals surface area contributed by atoms with E-state index in [0.717, 1.165) is 18.5 Å². The van der Waals surface area contributed by atoms with Crippen LogP contribution in [-0.2, 0) is 16.6 Å². The summed E-state index contributed by atoms with van der Waals surface area (Å²) in [6, 6.07) is 0.173. The van der Waals surface area contributed by atoms with Gasteiger partial charge >= 0.3 is 5.97 Å². The summed E-state index contributed by atoms with van der Waals surface area (Å²) in [4.78, 5) is 24.5. The number of hydrogen-bond donors (Lipinski definition) is 1. The number of carboxylic acids is 1. The highest BCUT2D eigenvalue weighted by atomic mass is 35.5. The molecule has 1 N–H and O–H groups in total. The van der Waals surface area contributed by atoms with Crippen LogP contribution in [0.5, 0.6) is 0 Å². The number of hydrogen-bond acceptors (Lipinski definition) is 3. The van der Waals surface area contributed by atoms with E-state index in [9.17, 15) is 9.59 Å². The molecule has 1 amide bonds. The predicted molar refractivity (Wildman–Crippen MR) is 79.0 cm³/mol. The molecular formula is C14H18ClN3O3. The van der Waals surface area contributed by atoms with Crippen molar-refractivity contribution >= 4 is 29.6 Å². The second-order valence-corrected chi connectivity index (χ2v) is 5.51. The summed E-state index contributed by atoms with van der Waals surface area (Å²) in [6.45, 7) is 2.06. The number of aliphatic carboxylic acids is 1. The fraction of sp³-hybridized carbons (Fsp3) is 0.500. The van der Waals surface area contributed by atoms with E-state index < -0.39 is 5.97 Å². The van der Waals surface area contributed by atoms with Gasteiger partial charge in [-0.1, -0.05) is 11.6 Å². The lowest BCUT2D eigenvalue weighted by molar-refractivity contribution is -0.138. The molecule has 1 fully saturated rings. The standard InChI is InChI=1S/C14H18ClN3O3/c1-9-11(14(15)17(2)16-9)5-6-12(19)18(10-3-4-10)8-7-13(20)21/h5-6,10H,3-4,7-8H2,1-2H3,(H,20,21)/b6-5+. The van der Waals surface area contributed by atoms with Crippen molar-refractivity contribution in [2.75, 3.05) is 6.54 Å². The molecule has 0 unspecified atom stereocenters. The second-order valence-electron chi connectivity index (χ2n) is 5.15. The Labute approximate surface area is 128 Å². The Bertz CT molecular complexity index is 591. The zero-order chi connectivity index (χ0) is 15.6. The summed E-state index contributed by atoms with van der Waals surface area (Å²) in [5.41, 5.74) is 1.46. The monoisotopic (exact) mass is 311 g/mol. The number of carbonyl (C=O) groups is 2. The van der Waals surface area contributed by atoms with E-state index in [1.807, 2.05) is 6.92 Å². The third-order valence-corrected chi connectivity index (χ3v) is 3.87. The minimum absolute atomic E-state index is 0.0389. The fourth-order valence-electron chi connectivity index (χ4n) is 2.16. The molecule has 0 saturated heterocycles. The molecule has 0 atom stereocenters. The van der Waals surface area contributed by atoms with Crippen molar-refractivity contribution in [1.82, 2.24) is 14.7 Å². The van der Waals surface area contributed by atoms with E-state index >= 15 is 0 Å². The van der Waals surface area contributed by atoms with E-state index in [2.05, 4.69) is 5.10 Å². The van der Waals surface area contributed by atoms with E-state index in [1.54, 1.807) is 22.7 Å². The Hall–Kier alpha value is -1.82. The maximum Gasteiger partial charge on any atom is 0.305 e. The number of carboxylic acid groups (broad SMARTS) is 1. The average Bonchev–Trinajstić information content (AvgIpc) is 3.19. The largest absolute Gasteiger partial charge is 0.481 e.